The number of halogens is 2. The van der Waals surface area contributed by atoms with Gasteiger partial charge in [-0.1, -0.05) is 6.92 Å². The molecule has 0 bridgehead atoms. The molecule has 1 atom stereocenters. The summed E-state index contributed by atoms with van der Waals surface area (Å²) in [4.78, 5) is 22.7. The first-order chi connectivity index (χ1) is 16.6. The minimum atomic E-state index is -0.823. The summed E-state index contributed by atoms with van der Waals surface area (Å²) in [7, 11) is 1.39. The Bertz CT molecular complexity index is 1270. The van der Waals surface area contributed by atoms with Gasteiger partial charge in [0.25, 0.3) is 0 Å². The molecule has 1 unspecified atom stereocenters. The monoisotopic (exact) mass is 489 g/mol. The van der Waals surface area contributed by atoms with Crippen LogP contribution in [0, 0.1) is 11.6 Å². The van der Waals surface area contributed by atoms with E-state index in [4.69, 9.17) is 0 Å². The Labute approximate surface area is 200 Å². The molecule has 11 nitrogen and oxygen atoms in total. The van der Waals surface area contributed by atoms with Crippen LogP contribution in [0.15, 0.2) is 23.1 Å². The van der Waals surface area contributed by atoms with E-state index in [9.17, 15) is 18.7 Å². The molecule has 0 saturated carbocycles. The number of aromatic nitrogens is 6. The fraction of sp³-hybridized carbons (Fsp3) is 0.500. The number of likely N-dealkylation sites (tertiary alicyclic amines) is 1. The molecule has 3 N–H and O–H groups in total. The summed E-state index contributed by atoms with van der Waals surface area (Å²) in [6, 6.07) is 2.01. The van der Waals surface area contributed by atoms with Crippen LogP contribution in [0.25, 0.3) is 5.69 Å². The number of aromatic hydroxyl groups is 1. The van der Waals surface area contributed by atoms with Crippen LogP contribution in [-0.2, 0) is 7.05 Å². The van der Waals surface area contributed by atoms with Gasteiger partial charge >= 0.3 is 5.69 Å². The van der Waals surface area contributed by atoms with Crippen molar-refractivity contribution in [3.05, 3.63) is 40.4 Å². The molecule has 0 spiro atoms. The molecule has 35 heavy (non-hydrogen) atoms. The lowest BCUT2D eigenvalue weighted by molar-refractivity contribution is 0.0708. The van der Waals surface area contributed by atoms with Crippen molar-refractivity contribution in [2.75, 3.05) is 23.7 Å². The highest BCUT2D eigenvalue weighted by Gasteiger charge is 2.34. The topological polar surface area (TPSA) is 126 Å². The van der Waals surface area contributed by atoms with E-state index in [1.807, 2.05) is 0 Å². The predicted molar refractivity (Wildman–Crippen MR) is 126 cm³/mol. The predicted octanol–water partition coefficient (Wildman–Crippen LogP) is 2.55. The van der Waals surface area contributed by atoms with E-state index in [1.54, 1.807) is 0 Å². The van der Waals surface area contributed by atoms with Gasteiger partial charge in [0, 0.05) is 31.2 Å². The molecule has 188 valence electrons. The molecule has 2 aromatic heterocycles. The highest BCUT2D eigenvalue weighted by Crippen LogP contribution is 2.31. The zero-order valence-corrected chi connectivity index (χ0v) is 20.1. The Hall–Kier alpha value is -3.61. The Morgan fingerprint density at radius 3 is 2.66 bits per heavy atom. The van der Waals surface area contributed by atoms with E-state index in [0.29, 0.717) is 0 Å². The molecule has 4 rings (SSSR count). The number of benzene rings is 1. The van der Waals surface area contributed by atoms with Gasteiger partial charge in [-0.25, -0.2) is 18.6 Å². The Balaban J connectivity index is 1.55. The fourth-order valence-corrected chi connectivity index (χ4v) is 4.38. The standard InChI is InChI=1S/C22H29F2N9O2/c1-5-7-32-8-6-13(11-22(32,2)3)26-19-15(24)12-25-20(28-19)27-16-10-17(18(34)9-14(16)23)33-21(35)31(4)29-30-33/h9-10,12-13,34H,5-8,11H2,1-4H3,(H2,25,26,27,28). The van der Waals surface area contributed by atoms with Crippen LogP contribution in [0.3, 0.4) is 0 Å². The van der Waals surface area contributed by atoms with Crippen LogP contribution < -0.4 is 16.3 Å². The van der Waals surface area contributed by atoms with E-state index in [2.05, 4.69) is 56.7 Å². The van der Waals surface area contributed by atoms with Crippen LogP contribution in [0.2, 0.25) is 0 Å². The van der Waals surface area contributed by atoms with Gasteiger partial charge in [-0.2, -0.15) is 14.3 Å². The van der Waals surface area contributed by atoms with Crippen molar-refractivity contribution >= 4 is 17.5 Å². The van der Waals surface area contributed by atoms with Crippen molar-refractivity contribution in [3.63, 3.8) is 0 Å². The van der Waals surface area contributed by atoms with Crippen LogP contribution in [0.4, 0.5) is 26.2 Å². The number of phenols is 1. The second-order valence-electron chi connectivity index (χ2n) is 9.27. The van der Waals surface area contributed by atoms with Gasteiger partial charge in [0.2, 0.25) is 5.95 Å². The second kappa shape index (κ2) is 9.56. The smallest absolute Gasteiger partial charge is 0.368 e. The highest BCUT2D eigenvalue weighted by molar-refractivity contribution is 5.63. The zero-order chi connectivity index (χ0) is 25.3. The largest absolute Gasteiger partial charge is 0.506 e. The number of piperidine rings is 1. The molecule has 1 saturated heterocycles. The molecular formula is C22H29F2N9O2. The van der Waals surface area contributed by atoms with Gasteiger partial charge in [-0.05, 0) is 56.1 Å². The molecule has 1 aliphatic heterocycles. The quantitative estimate of drug-likeness (QED) is 0.429. The van der Waals surface area contributed by atoms with E-state index in [-0.39, 0.29) is 34.7 Å². The Morgan fingerprint density at radius 1 is 1.23 bits per heavy atom. The first-order valence-electron chi connectivity index (χ1n) is 11.4. The lowest BCUT2D eigenvalue weighted by atomic mass is 9.87. The summed E-state index contributed by atoms with van der Waals surface area (Å²) < 4.78 is 30.9. The molecular weight excluding hydrogens is 460 g/mol. The van der Waals surface area contributed by atoms with Crippen molar-refractivity contribution in [2.45, 2.75) is 51.6 Å². The third-order valence-corrected chi connectivity index (χ3v) is 6.19. The number of hydrogen-bond donors (Lipinski definition) is 3. The summed E-state index contributed by atoms with van der Waals surface area (Å²) in [6.07, 6.45) is 3.71. The Kier molecular flexibility index (Phi) is 6.70. The minimum Gasteiger partial charge on any atom is -0.506 e. The molecule has 3 aromatic rings. The van der Waals surface area contributed by atoms with E-state index in [0.717, 1.165) is 54.0 Å². The summed E-state index contributed by atoms with van der Waals surface area (Å²) in [5.74, 6) is -2.00. The first kappa shape index (κ1) is 24.5. The normalized spacial score (nSPS) is 17.9. The maximum Gasteiger partial charge on any atom is 0.368 e. The average Bonchev–Trinajstić information content (AvgIpc) is 3.12. The number of nitrogens with one attached hydrogen (secondary N) is 2. The maximum atomic E-state index is 14.6. The maximum absolute atomic E-state index is 14.6. The molecule has 1 fully saturated rings. The number of nitrogens with zero attached hydrogens (tertiary/aromatic N) is 7. The molecule has 1 aliphatic rings. The summed E-state index contributed by atoms with van der Waals surface area (Å²) in [5.41, 5.74) is -0.897. The van der Waals surface area contributed by atoms with Gasteiger partial charge in [-0.3, -0.25) is 4.90 Å². The molecule has 1 aromatic carbocycles. The van der Waals surface area contributed by atoms with Crippen molar-refractivity contribution in [3.8, 4) is 11.4 Å². The average molecular weight is 490 g/mol. The third-order valence-electron chi connectivity index (χ3n) is 6.19. The van der Waals surface area contributed by atoms with E-state index in [1.165, 1.54) is 13.1 Å². The van der Waals surface area contributed by atoms with Gasteiger partial charge in [0.15, 0.2) is 17.5 Å². The molecule has 0 aliphatic carbocycles. The van der Waals surface area contributed by atoms with Crippen LogP contribution >= 0.6 is 0 Å². The third kappa shape index (κ3) is 5.09. The van der Waals surface area contributed by atoms with Crippen LogP contribution in [-0.4, -0.2) is 64.4 Å². The number of tetrazole rings is 1. The first-order valence-corrected chi connectivity index (χ1v) is 11.4. The van der Waals surface area contributed by atoms with Gasteiger partial charge < -0.3 is 15.7 Å². The van der Waals surface area contributed by atoms with Crippen LogP contribution in [0.1, 0.15) is 40.0 Å². The number of aryl methyl sites for hydroxylation is 1. The van der Waals surface area contributed by atoms with Crippen molar-refractivity contribution in [2.24, 2.45) is 7.05 Å². The number of phenolic OH excluding ortho intramolecular Hbond substituents is 1. The zero-order valence-electron chi connectivity index (χ0n) is 20.1. The van der Waals surface area contributed by atoms with E-state index < -0.39 is 23.1 Å². The van der Waals surface area contributed by atoms with Gasteiger partial charge in [0.1, 0.15) is 11.4 Å². The Morgan fingerprint density at radius 2 is 2.00 bits per heavy atom. The van der Waals surface area contributed by atoms with Gasteiger partial charge in [-0.15, -0.1) is 0 Å². The summed E-state index contributed by atoms with van der Waals surface area (Å²) >= 11 is 0. The summed E-state index contributed by atoms with van der Waals surface area (Å²) in [6.45, 7) is 8.40. The number of hydrogen-bond acceptors (Lipinski definition) is 9. The molecule has 3 heterocycles. The lowest BCUT2D eigenvalue weighted by Gasteiger charge is -2.46. The fourth-order valence-electron chi connectivity index (χ4n) is 4.38. The minimum absolute atomic E-state index is 0.0101. The van der Waals surface area contributed by atoms with E-state index >= 15 is 0 Å². The summed E-state index contributed by atoms with van der Waals surface area (Å²) in [5, 5.41) is 23.2. The molecule has 13 heteroatoms. The number of anilines is 3. The SMILES string of the molecule is CCCN1CCC(Nc2nc(Nc3cc(-n4nnn(C)c4=O)c(O)cc3F)ncc2F)CC1(C)C. The van der Waals surface area contributed by atoms with Crippen LogP contribution in [0.5, 0.6) is 5.75 Å². The molecule has 0 radical (unpaired) electrons. The van der Waals surface area contributed by atoms with Gasteiger partial charge in [0.05, 0.1) is 11.9 Å². The molecule has 0 amide bonds. The van der Waals surface area contributed by atoms with Crippen molar-refractivity contribution in [1.29, 1.82) is 0 Å². The van der Waals surface area contributed by atoms with Crippen molar-refractivity contribution in [1.82, 2.24) is 34.7 Å². The number of rotatable bonds is 7. The second-order valence-corrected chi connectivity index (χ2v) is 9.27. The lowest BCUT2D eigenvalue weighted by Crippen LogP contribution is -2.53. The highest BCUT2D eigenvalue weighted by atomic mass is 19.1. The van der Waals surface area contributed by atoms with Crippen molar-refractivity contribution < 1.29 is 13.9 Å².